The fourth-order valence-corrected chi connectivity index (χ4v) is 4.54. The Morgan fingerprint density at radius 3 is 2.68 bits per heavy atom. The smallest absolute Gasteiger partial charge is 0.224 e. The number of fused-ring (bicyclic) bond motifs is 2. The number of hydrogen-bond acceptors (Lipinski definition) is 8. The number of halogens is 1. The molecule has 1 saturated heterocycles. The minimum absolute atomic E-state index is 0.103. The van der Waals surface area contributed by atoms with Crippen LogP contribution >= 0.6 is 0 Å². The molecule has 37 heavy (non-hydrogen) atoms. The summed E-state index contributed by atoms with van der Waals surface area (Å²) in [5.74, 6) is -0.280. The summed E-state index contributed by atoms with van der Waals surface area (Å²) in [5.41, 5.74) is 4.26. The Hall–Kier alpha value is -4.45. The third kappa shape index (κ3) is 4.14. The second-order valence-corrected chi connectivity index (χ2v) is 9.08. The third-order valence-electron chi connectivity index (χ3n) is 6.60. The second kappa shape index (κ2) is 9.21. The van der Waals surface area contributed by atoms with Gasteiger partial charge in [-0.05, 0) is 13.1 Å². The third-order valence-corrected chi connectivity index (χ3v) is 6.60. The number of nitrogens with zero attached hydrogens (tertiary/aromatic N) is 7. The Morgan fingerprint density at radius 2 is 1.86 bits per heavy atom. The van der Waals surface area contributed by atoms with E-state index in [1.165, 1.54) is 18.6 Å². The minimum atomic E-state index is -0.556. The molecular weight excluding hydrogens is 475 g/mol. The Morgan fingerprint density at radius 1 is 1.05 bits per heavy atom. The molecule has 6 heterocycles. The van der Waals surface area contributed by atoms with Crippen molar-refractivity contribution < 1.29 is 9.18 Å². The van der Waals surface area contributed by atoms with E-state index in [-0.39, 0.29) is 17.0 Å². The standard InChI is InChI=1S/C25H25FN10O/c1-3-19(37)30-15-8-14(9-27-10-15)22-21(26)20-16(12-29-22)33-34-24(20)25-31-17-11-28-13-18(23(17)32-25)36-6-4-35(2)5-7-36/h8-13H,3-7H2,1-2H3,(H,30,37)(H,31,32)(H,33,34). The number of hydrogen-bond donors (Lipinski definition) is 3. The zero-order valence-corrected chi connectivity index (χ0v) is 20.4. The molecule has 0 saturated carbocycles. The van der Waals surface area contributed by atoms with Crippen LogP contribution in [0.25, 0.3) is 44.7 Å². The summed E-state index contributed by atoms with van der Waals surface area (Å²) in [4.78, 5) is 37.3. The number of anilines is 2. The molecule has 6 rings (SSSR count). The Balaban J connectivity index is 1.42. The molecule has 11 nitrogen and oxygen atoms in total. The molecule has 188 valence electrons. The van der Waals surface area contributed by atoms with Crippen LogP contribution in [0.3, 0.4) is 0 Å². The predicted octanol–water partition coefficient (Wildman–Crippen LogP) is 3.20. The van der Waals surface area contributed by atoms with Gasteiger partial charge in [-0.2, -0.15) is 5.10 Å². The quantitative estimate of drug-likeness (QED) is 0.335. The Bertz CT molecular complexity index is 1620. The highest BCUT2D eigenvalue weighted by molar-refractivity contribution is 5.97. The van der Waals surface area contributed by atoms with Crippen LogP contribution in [0.5, 0.6) is 0 Å². The van der Waals surface area contributed by atoms with Gasteiger partial charge in [0.05, 0.1) is 52.6 Å². The fourth-order valence-electron chi connectivity index (χ4n) is 4.54. The van der Waals surface area contributed by atoms with Gasteiger partial charge in [0.25, 0.3) is 0 Å². The van der Waals surface area contributed by atoms with Gasteiger partial charge < -0.3 is 20.1 Å². The van der Waals surface area contributed by atoms with Crippen molar-refractivity contribution in [2.24, 2.45) is 0 Å². The van der Waals surface area contributed by atoms with Gasteiger partial charge in [0, 0.05) is 44.4 Å². The lowest BCUT2D eigenvalue weighted by Crippen LogP contribution is -2.44. The van der Waals surface area contributed by atoms with Gasteiger partial charge in [0.1, 0.15) is 16.9 Å². The van der Waals surface area contributed by atoms with Crippen LogP contribution in [0.2, 0.25) is 0 Å². The normalized spacial score (nSPS) is 14.5. The predicted molar refractivity (Wildman–Crippen MR) is 139 cm³/mol. The number of imidazole rings is 1. The number of H-pyrrole nitrogens is 2. The molecule has 0 radical (unpaired) electrons. The highest BCUT2D eigenvalue weighted by atomic mass is 19.1. The van der Waals surface area contributed by atoms with E-state index in [4.69, 9.17) is 4.98 Å². The maximum Gasteiger partial charge on any atom is 0.224 e. The lowest BCUT2D eigenvalue weighted by molar-refractivity contribution is -0.115. The lowest BCUT2D eigenvalue weighted by atomic mass is 10.1. The van der Waals surface area contributed by atoms with Crippen LogP contribution < -0.4 is 10.2 Å². The molecule has 1 amide bonds. The molecule has 0 unspecified atom stereocenters. The average molecular weight is 501 g/mol. The first-order valence-corrected chi connectivity index (χ1v) is 12.1. The zero-order chi connectivity index (χ0) is 25.5. The SMILES string of the molecule is CCC(=O)Nc1cncc(-c2ncc3[nH]nc(-c4nc5c(N6CCN(C)CC6)cncc5[nH]4)c3c2F)c1. The first-order chi connectivity index (χ1) is 18.0. The molecule has 1 aliphatic heterocycles. The van der Waals surface area contributed by atoms with Crippen molar-refractivity contribution in [3.05, 3.63) is 42.9 Å². The highest BCUT2D eigenvalue weighted by Crippen LogP contribution is 2.34. The highest BCUT2D eigenvalue weighted by Gasteiger charge is 2.23. The molecule has 0 aromatic carbocycles. The molecule has 0 bridgehead atoms. The number of likely N-dealkylation sites (N-methyl/N-ethyl adjacent to an activating group) is 1. The maximum atomic E-state index is 16.0. The Kier molecular flexibility index (Phi) is 5.72. The molecule has 0 atom stereocenters. The molecule has 0 aliphatic carbocycles. The van der Waals surface area contributed by atoms with Gasteiger partial charge >= 0.3 is 0 Å². The fraction of sp³-hybridized carbons (Fsp3) is 0.280. The number of piperazine rings is 1. The van der Waals surface area contributed by atoms with Gasteiger partial charge in [0.2, 0.25) is 5.91 Å². The number of aromatic amines is 2. The number of pyridine rings is 3. The summed E-state index contributed by atoms with van der Waals surface area (Å²) in [6, 6.07) is 1.65. The number of aromatic nitrogens is 7. The molecule has 1 fully saturated rings. The van der Waals surface area contributed by atoms with E-state index < -0.39 is 5.82 Å². The van der Waals surface area contributed by atoms with E-state index in [1.807, 2.05) is 6.20 Å². The van der Waals surface area contributed by atoms with Crippen molar-refractivity contribution in [2.45, 2.75) is 13.3 Å². The monoisotopic (exact) mass is 500 g/mol. The molecule has 5 aromatic rings. The van der Waals surface area contributed by atoms with Crippen molar-refractivity contribution in [3.8, 4) is 22.8 Å². The summed E-state index contributed by atoms with van der Waals surface area (Å²) >= 11 is 0. The van der Waals surface area contributed by atoms with E-state index in [0.717, 1.165) is 42.9 Å². The second-order valence-electron chi connectivity index (χ2n) is 9.08. The van der Waals surface area contributed by atoms with E-state index in [2.05, 4.69) is 52.3 Å². The van der Waals surface area contributed by atoms with Crippen LogP contribution in [0, 0.1) is 5.82 Å². The van der Waals surface area contributed by atoms with E-state index in [1.54, 1.807) is 19.2 Å². The topological polar surface area (TPSA) is 132 Å². The first kappa shape index (κ1) is 23.0. The first-order valence-electron chi connectivity index (χ1n) is 12.1. The van der Waals surface area contributed by atoms with E-state index >= 15 is 4.39 Å². The van der Waals surface area contributed by atoms with Crippen molar-refractivity contribution in [1.82, 2.24) is 40.0 Å². The number of nitrogens with one attached hydrogen (secondary N) is 3. The summed E-state index contributed by atoms with van der Waals surface area (Å²) in [6.45, 7) is 5.42. The van der Waals surface area contributed by atoms with Gasteiger partial charge in [-0.15, -0.1) is 0 Å². The molecule has 12 heteroatoms. The van der Waals surface area contributed by atoms with Crippen molar-refractivity contribution in [3.63, 3.8) is 0 Å². The lowest BCUT2D eigenvalue weighted by Gasteiger charge is -2.33. The average Bonchev–Trinajstić information content (AvgIpc) is 3.54. The van der Waals surface area contributed by atoms with Gasteiger partial charge in [-0.25, -0.2) is 9.37 Å². The van der Waals surface area contributed by atoms with Crippen molar-refractivity contribution in [2.75, 3.05) is 43.4 Å². The van der Waals surface area contributed by atoms with Crippen LogP contribution in [-0.4, -0.2) is 79.2 Å². The number of carbonyl (C=O) groups is 1. The van der Waals surface area contributed by atoms with Crippen molar-refractivity contribution >= 4 is 39.2 Å². The van der Waals surface area contributed by atoms with Gasteiger partial charge in [0.15, 0.2) is 11.6 Å². The molecule has 0 spiro atoms. The number of amides is 1. The summed E-state index contributed by atoms with van der Waals surface area (Å²) in [5, 5.41) is 10.2. The van der Waals surface area contributed by atoms with E-state index in [0.29, 0.717) is 34.7 Å². The molecule has 5 aromatic heterocycles. The van der Waals surface area contributed by atoms with E-state index in [9.17, 15) is 4.79 Å². The Labute approximate surface area is 211 Å². The molecular formula is C25H25FN10O. The summed E-state index contributed by atoms with van der Waals surface area (Å²) < 4.78 is 16.0. The summed E-state index contributed by atoms with van der Waals surface area (Å²) in [7, 11) is 2.11. The summed E-state index contributed by atoms with van der Waals surface area (Å²) in [6.07, 6.45) is 8.41. The molecule has 1 aliphatic rings. The number of rotatable bonds is 5. The molecule has 3 N–H and O–H groups in total. The largest absolute Gasteiger partial charge is 0.366 e. The van der Waals surface area contributed by atoms with Crippen LogP contribution in [0.4, 0.5) is 15.8 Å². The van der Waals surface area contributed by atoms with Crippen LogP contribution in [0.1, 0.15) is 13.3 Å². The van der Waals surface area contributed by atoms with Crippen LogP contribution in [-0.2, 0) is 4.79 Å². The number of carbonyl (C=O) groups excluding carboxylic acids is 1. The minimum Gasteiger partial charge on any atom is -0.366 e. The van der Waals surface area contributed by atoms with Gasteiger partial charge in [-0.1, -0.05) is 6.92 Å². The van der Waals surface area contributed by atoms with Gasteiger partial charge in [-0.3, -0.25) is 24.8 Å². The zero-order valence-electron chi connectivity index (χ0n) is 20.4. The maximum absolute atomic E-state index is 16.0. The van der Waals surface area contributed by atoms with Crippen molar-refractivity contribution in [1.29, 1.82) is 0 Å². The van der Waals surface area contributed by atoms with Crippen LogP contribution in [0.15, 0.2) is 37.1 Å².